The van der Waals surface area contributed by atoms with E-state index in [2.05, 4.69) is 57.2 Å². The van der Waals surface area contributed by atoms with Crippen molar-refractivity contribution in [3.05, 3.63) is 36.5 Å². The van der Waals surface area contributed by atoms with Crippen molar-refractivity contribution in [2.45, 2.75) is 303 Å². The molecule has 0 aromatic carbocycles. The van der Waals surface area contributed by atoms with Gasteiger partial charge in [0.1, 0.15) is 12.7 Å². The molecular weight excluding hydrogens is 928 g/mol. The van der Waals surface area contributed by atoms with Crippen LogP contribution in [0.4, 0.5) is 0 Å². The summed E-state index contributed by atoms with van der Waals surface area (Å²) in [7, 11) is -4.74. The van der Waals surface area contributed by atoms with Crippen LogP contribution in [-0.2, 0) is 42.2 Å². The van der Waals surface area contributed by atoms with Crippen LogP contribution in [0.25, 0.3) is 0 Å². The van der Waals surface area contributed by atoms with Gasteiger partial charge in [-0.2, -0.15) is 0 Å². The fraction of sp³-hybridized carbons (Fsp3) is 0.850. The van der Waals surface area contributed by atoms with Crippen molar-refractivity contribution in [3.8, 4) is 0 Å². The first-order chi connectivity index (χ1) is 35.2. The van der Waals surface area contributed by atoms with Gasteiger partial charge in [-0.3, -0.25) is 23.4 Å². The average molecular weight is 1040 g/mol. The summed E-state index contributed by atoms with van der Waals surface area (Å²) in [5, 5.41) is 9.81. The fourth-order valence-electron chi connectivity index (χ4n) is 8.55. The first kappa shape index (κ1) is 69.7. The van der Waals surface area contributed by atoms with Crippen LogP contribution in [0.1, 0.15) is 290 Å². The standard InChI is InChI=1S/C60H111O11P/c1-4-7-10-13-16-19-22-25-27-28-30-33-36-39-42-45-48-51-60(64)71-57(53-67-58(62)49-46-43-40-37-34-32-29-26-23-20-17-14-11-8-5-2)55-69-72(65,66)68-54-56(52-61)70-59(63)50-47-44-41-38-35-31-24-21-18-15-12-9-6-3/h7,10,16,19,25,27,56-57,61H,4-6,8-9,11-15,17-18,20-24,26,28-55H2,1-3H3,(H,65,66)/b10-7-,19-16-,27-25-. The number of unbranched alkanes of at least 4 members (excludes halogenated alkanes) is 33. The summed E-state index contributed by atoms with van der Waals surface area (Å²) >= 11 is 0. The van der Waals surface area contributed by atoms with Gasteiger partial charge in [0.2, 0.25) is 0 Å². The number of rotatable bonds is 56. The highest BCUT2D eigenvalue weighted by Crippen LogP contribution is 2.43. The first-order valence-electron chi connectivity index (χ1n) is 29.9. The number of esters is 3. The van der Waals surface area contributed by atoms with Crippen LogP contribution in [0.5, 0.6) is 0 Å². The third-order valence-corrected chi connectivity index (χ3v) is 14.0. The second-order valence-electron chi connectivity index (χ2n) is 20.1. The second-order valence-corrected chi connectivity index (χ2v) is 21.6. The van der Waals surface area contributed by atoms with Gasteiger partial charge in [0.25, 0.3) is 0 Å². The molecule has 0 bridgehead atoms. The molecule has 0 saturated carbocycles. The predicted molar refractivity (Wildman–Crippen MR) is 298 cm³/mol. The fourth-order valence-corrected chi connectivity index (χ4v) is 9.33. The molecule has 0 rings (SSSR count). The lowest BCUT2D eigenvalue weighted by Gasteiger charge is -2.21. The van der Waals surface area contributed by atoms with Gasteiger partial charge in [-0.25, -0.2) is 4.57 Å². The minimum Gasteiger partial charge on any atom is -0.462 e. The lowest BCUT2D eigenvalue weighted by Crippen LogP contribution is -2.30. The van der Waals surface area contributed by atoms with Crippen molar-refractivity contribution in [2.75, 3.05) is 26.4 Å². The molecular formula is C60H111O11P. The van der Waals surface area contributed by atoms with Crippen molar-refractivity contribution in [1.82, 2.24) is 0 Å². The minimum atomic E-state index is -4.74. The molecule has 422 valence electrons. The Labute approximate surface area is 441 Å². The number of hydrogen-bond acceptors (Lipinski definition) is 10. The normalized spacial score (nSPS) is 13.6. The molecule has 0 amide bonds. The van der Waals surface area contributed by atoms with Gasteiger partial charge >= 0.3 is 25.7 Å². The molecule has 0 fully saturated rings. The topological polar surface area (TPSA) is 155 Å². The van der Waals surface area contributed by atoms with Crippen LogP contribution in [0.15, 0.2) is 36.5 Å². The molecule has 0 aliphatic rings. The highest BCUT2D eigenvalue weighted by atomic mass is 31.2. The van der Waals surface area contributed by atoms with E-state index >= 15 is 0 Å². The molecule has 0 aromatic rings. The Morgan fingerprint density at radius 2 is 0.722 bits per heavy atom. The average Bonchev–Trinajstić information content (AvgIpc) is 3.37. The number of phosphoric ester groups is 1. The zero-order valence-electron chi connectivity index (χ0n) is 46.7. The maximum atomic E-state index is 12.9. The summed E-state index contributed by atoms with van der Waals surface area (Å²) in [6.45, 7) is 4.57. The quantitative estimate of drug-likeness (QED) is 0.0197. The van der Waals surface area contributed by atoms with Gasteiger partial charge in [0, 0.05) is 19.3 Å². The van der Waals surface area contributed by atoms with Gasteiger partial charge in [0.15, 0.2) is 6.10 Å². The molecule has 0 spiro atoms. The Hall–Kier alpha value is -2.30. The summed E-state index contributed by atoms with van der Waals surface area (Å²) < 4.78 is 39.6. The zero-order valence-corrected chi connectivity index (χ0v) is 47.6. The molecule has 11 nitrogen and oxygen atoms in total. The monoisotopic (exact) mass is 1040 g/mol. The summed E-state index contributed by atoms with van der Waals surface area (Å²) in [6, 6.07) is 0. The van der Waals surface area contributed by atoms with E-state index in [0.29, 0.717) is 19.3 Å². The largest absolute Gasteiger partial charge is 0.472 e. The Morgan fingerprint density at radius 1 is 0.403 bits per heavy atom. The predicted octanol–water partition coefficient (Wildman–Crippen LogP) is 17.6. The van der Waals surface area contributed by atoms with Gasteiger partial charge in [0.05, 0.1) is 19.8 Å². The molecule has 0 aliphatic carbocycles. The van der Waals surface area contributed by atoms with E-state index in [1.165, 1.54) is 141 Å². The van der Waals surface area contributed by atoms with Gasteiger partial charge in [-0.1, -0.05) is 256 Å². The molecule has 0 heterocycles. The summed E-state index contributed by atoms with van der Waals surface area (Å²) in [5.74, 6) is -1.45. The number of aliphatic hydroxyl groups is 1. The Balaban J connectivity index is 4.70. The highest BCUT2D eigenvalue weighted by Gasteiger charge is 2.28. The van der Waals surface area contributed by atoms with E-state index in [0.717, 1.165) is 89.9 Å². The maximum absolute atomic E-state index is 12.9. The molecule has 0 radical (unpaired) electrons. The lowest BCUT2D eigenvalue weighted by atomic mass is 10.0. The maximum Gasteiger partial charge on any atom is 0.472 e. The van der Waals surface area contributed by atoms with Crippen molar-refractivity contribution in [2.24, 2.45) is 0 Å². The van der Waals surface area contributed by atoms with Crippen LogP contribution in [0.3, 0.4) is 0 Å². The molecule has 3 atom stereocenters. The van der Waals surface area contributed by atoms with Crippen molar-refractivity contribution >= 4 is 25.7 Å². The number of phosphoric acid groups is 1. The van der Waals surface area contributed by atoms with Crippen LogP contribution < -0.4 is 0 Å². The van der Waals surface area contributed by atoms with Gasteiger partial charge in [-0.05, 0) is 51.4 Å². The molecule has 72 heavy (non-hydrogen) atoms. The Morgan fingerprint density at radius 3 is 1.11 bits per heavy atom. The van der Waals surface area contributed by atoms with Crippen LogP contribution in [-0.4, -0.2) is 66.5 Å². The molecule has 0 saturated heterocycles. The number of aliphatic hydroxyl groups excluding tert-OH is 1. The Kier molecular flexibility index (Phi) is 53.2. The number of ether oxygens (including phenoxy) is 3. The minimum absolute atomic E-state index is 0.161. The number of allylic oxidation sites excluding steroid dienone is 6. The third-order valence-electron chi connectivity index (χ3n) is 13.1. The van der Waals surface area contributed by atoms with Crippen LogP contribution in [0, 0.1) is 0 Å². The van der Waals surface area contributed by atoms with Crippen molar-refractivity contribution < 1.29 is 52.2 Å². The van der Waals surface area contributed by atoms with E-state index in [9.17, 15) is 28.9 Å². The third kappa shape index (κ3) is 52.6. The van der Waals surface area contributed by atoms with E-state index in [1.54, 1.807) is 0 Å². The lowest BCUT2D eigenvalue weighted by molar-refractivity contribution is -0.161. The smallest absolute Gasteiger partial charge is 0.462 e. The highest BCUT2D eigenvalue weighted by molar-refractivity contribution is 7.47. The molecule has 0 aliphatic heterocycles. The van der Waals surface area contributed by atoms with Crippen molar-refractivity contribution in [3.63, 3.8) is 0 Å². The van der Waals surface area contributed by atoms with Gasteiger partial charge < -0.3 is 24.2 Å². The van der Waals surface area contributed by atoms with E-state index in [-0.39, 0.29) is 25.9 Å². The number of carbonyl (C=O) groups excluding carboxylic acids is 3. The molecule has 0 aromatic heterocycles. The van der Waals surface area contributed by atoms with Crippen LogP contribution in [0.2, 0.25) is 0 Å². The number of hydrogen-bond donors (Lipinski definition) is 2. The zero-order chi connectivity index (χ0) is 52.7. The first-order valence-corrected chi connectivity index (χ1v) is 31.4. The summed E-state index contributed by atoms with van der Waals surface area (Å²) in [4.78, 5) is 48.6. The van der Waals surface area contributed by atoms with Crippen molar-refractivity contribution in [1.29, 1.82) is 0 Å². The number of carbonyl (C=O) groups is 3. The SMILES string of the molecule is CC/C=C\C/C=C\C/C=C\CCCCCCCCCC(=O)OC(COC(=O)CCCCCCCCCCCCCCCCC)COP(=O)(O)OCC(CO)OC(=O)CCCCCCCCCCCCCCC. The van der Waals surface area contributed by atoms with Gasteiger partial charge in [-0.15, -0.1) is 0 Å². The summed E-state index contributed by atoms with van der Waals surface area (Å²) in [6.07, 6.45) is 56.6. The van der Waals surface area contributed by atoms with E-state index < -0.39 is 57.8 Å². The molecule has 3 unspecified atom stereocenters. The molecule has 12 heteroatoms. The van der Waals surface area contributed by atoms with Crippen LogP contribution >= 0.6 is 7.82 Å². The van der Waals surface area contributed by atoms with E-state index in [4.69, 9.17) is 23.3 Å². The second kappa shape index (κ2) is 54.9. The molecule has 2 N–H and O–H groups in total. The Bertz CT molecular complexity index is 1350. The summed E-state index contributed by atoms with van der Waals surface area (Å²) in [5.41, 5.74) is 0. The van der Waals surface area contributed by atoms with E-state index in [1.807, 2.05) is 0 Å².